The minimum Gasteiger partial charge on any atom is -0.287 e. The third kappa shape index (κ3) is 2.91. The number of carbonyl (C=O) groups is 1. The number of rotatable bonds is 2. The first kappa shape index (κ1) is 12.7. The summed E-state index contributed by atoms with van der Waals surface area (Å²) in [4.78, 5) is 17.5. The molecular weight excluding hydrogens is 254 g/mol. The average Bonchev–Trinajstić information content (AvgIpc) is 2.38. The van der Waals surface area contributed by atoms with Gasteiger partial charge in [-0.25, -0.2) is 8.78 Å². The number of pyridine rings is 1. The van der Waals surface area contributed by atoms with E-state index in [0.29, 0.717) is 5.56 Å². The van der Waals surface area contributed by atoms with Crippen LogP contribution in [0.5, 0.6) is 0 Å². The maximum atomic E-state index is 13.1. The highest BCUT2D eigenvalue weighted by Crippen LogP contribution is 2.22. The summed E-state index contributed by atoms with van der Waals surface area (Å²) in [6.07, 6.45) is 2.55. The minimum atomic E-state index is -0.811. The molecule has 19 heavy (non-hydrogen) atoms. The SMILES string of the molecule is [N-]=[N+]=NC(=O)c1cncc(-c2cc(F)cc(F)c2)c1. The van der Waals surface area contributed by atoms with Gasteiger partial charge in [0, 0.05) is 34.5 Å². The molecule has 0 fully saturated rings. The fourth-order valence-corrected chi connectivity index (χ4v) is 1.53. The van der Waals surface area contributed by atoms with Crippen LogP contribution in [-0.2, 0) is 0 Å². The Balaban J connectivity index is 2.48. The Labute approximate surface area is 106 Å². The highest BCUT2D eigenvalue weighted by Gasteiger charge is 2.08. The topological polar surface area (TPSA) is 78.7 Å². The Bertz CT molecular complexity index is 676. The number of amides is 1. The predicted octanol–water partition coefficient (Wildman–Crippen LogP) is 3.48. The van der Waals surface area contributed by atoms with Gasteiger partial charge in [-0.1, -0.05) is 0 Å². The normalized spacial score (nSPS) is 9.79. The Morgan fingerprint density at radius 1 is 1.11 bits per heavy atom. The summed E-state index contributed by atoms with van der Waals surface area (Å²) in [5.74, 6) is -2.28. The van der Waals surface area contributed by atoms with E-state index < -0.39 is 17.5 Å². The molecule has 1 amide bonds. The second kappa shape index (κ2) is 5.24. The van der Waals surface area contributed by atoms with E-state index in [1.54, 1.807) is 0 Å². The van der Waals surface area contributed by atoms with Crippen molar-refractivity contribution in [1.29, 1.82) is 0 Å². The Kier molecular flexibility index (Phi) is 3.49. The molecule has 1 aromatic carbocycles. The van der Waals surface area contributed by atoms with E-state index in [9.17, 15) is 13.6 Å². The molecule has 0 aliphatic carbocycles. The first-order valence-corrected chi connectivity index (χ1v) is 5.11. The van der Waals surface area contributed by atoms with Gasteiger partial charge >= 0.3 is 0 Å². The maximum absolute atomic E-state index is 13.1. The van der Waals surface area contributed by atoms with E-state index in [0.717, 1.165) is 18.2 Å². The summed E-state index contributed by atoms with van der Waals surface area (Å²) in [5.41, 5.74) is 8.80. The van der Waals surface area contributed by atoms with Crippen LogP contribution in [0.15, 0.2) is 41.8 Å². The molecule has 1 aromatic heterocycles. The van der Waals surface area contributed by atoms with Crippen molar-refractivity contribution in [3.05, 3.63) is 64.3 Å². The lowest BCUT2D eigenvalue weighted by Crippen LogP contribution is -1.95. The zero-order valence-corrected chi connectivity index (χ0v) is 9.42. The Hall–Kier alpha value is -2.79. The van der Waals surface area contributed by atoms with Crippen LogP contribution >= 0.6 is 0 Å². The third-order valence-corrected chi connectivity index (χ3v) is 2.32. The Morgan fingerprint density at radius 3 is 2.42 bits per heavy atom. The molecule has 1 heterocycles. The lowest BCUT2D eigenvalue weighted by Gasteiger charge is -2.03. The standard InChI is InChI=1S/C12H6F2N4O/c13-10-2-7(3-11(14)4-10)8-1-9(6-16-5-8)12(19)17-18-15/h1-6H. The fraction of sp³-hybridized carbons (Fsp3) is 0. The number of halogens is 2. The van der Waals surface area contributed by atoms with E-state index >= 15 is 0 Å². The fourth-order valence-electron chi connectivity index (χ4n) is 1.53. The van der Waals surface area contributed by atoms with Gasteiger partial charge in [0.05, 0.1) is 0 Å². The van der Waals surface area contributed by atoms with Crippen molar-refractivity contribution in [2.24, 2.45) is 5.11 Å². The van der Waals surface area contributed by atoms with Crippen LogP contribution in [0.2, 0.25) is 0 Å². The predicted molar refractivity (Wildman–Crippen MR) is 63.1 cm³/mol. The molecule has 5 nitrogen and oxygen atoms in total. The highest BCUT2D eigenvalue weighted by atomic mass is 19.1. The monoisotopic (exact) mass is 260 g/mol. The molecule has 0 radical (unpaired) electrons. The highest BCUT2D eigenvalue weighted by molar-refractivity contribution is 5.95. The smallest absolute Gasteiger partial charge is 0.250 e. The van der Waals surface area contributed by atoms with Crippen LogP contribution in [0.25, 0.3) is 21.6 Å². The average molecular weight is 260 g/mol. The second-order valence-corrected chi connectivity index (χ2v) is 3.62. The van der Waals surface area contributed by atoms with Crippen LogP contribution in [0, 0.1) is 11.6 Å². The van der Waals surface area contributed by atoms with Crippen LogP contribution < -0.4 is 0 Å². The van der Waals surface area contributed by atoms with Gasteiger partial charge in [-0.05, 0) is 34.4 Å². The van der Waals surface area contributed by atoms with E-state index in [2.05, 4.69) is 15.0 Å². The number of nitrogens with zero attached hydrogens (tertiary/aromatic N) is 4. The van der Waals surface area contributed by atoms with Crippen molar-refractivity contribution in [3.8, 4) is 11.1 Å². The van der Waals surface area contributed by atoms with Crippen LogP contribution in [-0.4, -0.2) is 10.9 Å². The summed E-state index contributed by atoms with van der Waals surface area (Å²) in [6.45, 7) is 0. The third-order valence-electron chi connectivity index (χ3n) is 2.32. The molecule has 0 spiro atoms. The van der Waals surface area contributed by atoms with Gasteiger partial charge in [0.2, 0.25) is 0 Å². The number of aromatic nitrogens is 1. The number of benzene rings is 1. The molecule has 0 saturated carbocycles. The van der Waals surface area contributed by atoms with Gasteiger partial charge in [-0.2, -0.15) is 0 Å². The molecule has 2 rings (SSSR count). The van der Waals surface area contributed by atoms with Crippen molar-refractivity contribution in [2.45, 2.75) is 0 Å². The van der Waals surface area contributed by atoms with Gasteiger partial charge < -0.3 is 0 Å². The summed E-state index contributed by atoms with van der Waals surface area (Å²) < 4.78 is 26.2. The minimum absolute atomic E-state index is 0.0416. The molecule has 0 aliphatic rings. The van der Waals surface area contributed by atoms with Gasteiger partial charge in [0.15, 0.2) is 0 Å². The molecule has 0 N–H and O–H groups in total. The molecule has 2 aromatic rings. The number of azide groups is 1. The van der Waals surface area contributed by atoms with Gasteiger partial charge in [-0.3, -0.25) is 9.78 Å². The Morgan fingerprint density at radius 2 is 1.79 bits per heavy atom. The zero-order chi connectivity index (χ0) is 13.8. The molecular formula is C12H6F2N4O. The summed E-state index contributed by atoms with van der Waals surface area (Å²) in [6, 6.07) is 4.31. The first-order valence-electron chi connectivity index (χ1n) is 5.11. The largest absolute Gasteiger partial charge is 0.287 e. The van der Waals surface area contributed by atoms with Crippen molar-refractivity contribution in [2.75, 3.05) is 0 Å². The zero-order valence-electron chi connectivity index (χ0n) is 9.42. The maximum Gasteiger partial charge on any atom is 0.250 e. The van der Waals surface area contributed by atoms with Gasteiger partial charge in [0.25, 0.3) is 5.91 Å². The van der Waals surface area contributed by atoms with Crippen molar-refractivity contribution in [1.82, 2.24) is 4.98 Å². The van der Waals surface area contributed by atoms with Crippen LogP contribution in [0.4, 0.5) is 8.78 Å². The summed E-state index contributed by atoms with van der Waals surface area (Å²) in [5, 5.41) is 2.92. The van der Waals surface area contributed by atoms with Gasteiger partial charge in [0.1, 0.15) is 11.6 Å². The van der Waals surface area contributed by atoms with Crippen LogP contribution in [0.3, 0.4) is 0 Å². The molecule has 7 heteroatoms. The molecule has 0 unspecified atom stereocenters. The van der Waals surface area contributed by atoms with Crippen molar-refractivity contribution < 1.29 is 13.6 Å². The molecule has 0 aliphatic heterocycles. The van der Waals surface area contributed by atoms with E-state index in [1.807, 2.05) is 0 Å². The quantitative estimate of drug-likeness (QED) is 0.470. The molecule has 94 valence electrons. The number of carbonyl (C=O) groups excluding carboxylic acids is 1. The summed E-state index contributed by atoms with van der Waals surface area (Å²) >= 11 is 0. The molecule has 0 bridgehead atoms. The van der Waals surface area contributed by atoms with Gasteiger partial charge in [-0.15, -0.1) is 0 Å². The molecule has 0 saturated heterocycles. The number of hydrogen-bond acceptors (Lipinski definition) is 2. The second-order valence-electron chi connectivity index (χ2n) is 3.62. The van der Waals surface area contributed by atoms with Crippen LogP contribution in [0.1, 0.15) is 10.4 Å². The lowest BCUT2D eigenvalue weighted by atomic mass is 10.1. The molecule has 0 atom stereocenters. The van der Waals surface area contributed by atoms with E-state index in [1.165, 1.54) is 18.5 Å². The lowest BCUT2D eigenvalue weighted by molar-refractivity contribution is 0.1000. The first-order chi connectivity index (χ1) is 9.10. The van der Waals surface area contributed by atoms with Crippen molar-refractivity contribution >= 4 is 5.91 Å². The summed E-state index contributed by atoms with van der Waals surface area (Å²) in [7, 11) is 0. The van der Waals surface area contributed by atoms with E-state index in [4.69, 9.17) is 5.53 Å². The number of hydrogen-bond donors (Lipinski definition) is 0. The van der Waals surface area contributed by atoms with E-state index in [-0.39, 0.29) is 11.1 Å². The van der Waals surface area contributed by atoms with Crippen molar-refractivity contribution in [3.63, 3.8) is 0 Å².